The molecule has 1 fully saturated rings. The van der Waals surface area contributed by atoms with Crippen molar-refractivity contribution in [3.8, 4) is 11.5 Å². The van der Waals surface area contributed by atoms with E-state index in [0.29, 0.717) is 22.6 Å². The van der Waals surface area contributed by atoms with Gasteiger partial charge in [0.15, 0.2) is 0 Å². The van der Waals surface area contributed by atoms with Crippen molar-refractivity contribution in [3.05, 3.63) is 99.1 Å². The average Bonchev–Trinajstić information content (AvgIpc) is 2.86. The lowest BCUT2D eigenvalue weighted by Crippen LogP contribution is -2.54. The molecular weight excluding hydrogens is 466 g/mol. The molecule has 0 atom stereocenters. The number of carbonyl (C=O) groups is 3. The zero-order valence-corrected chi connectivity index (χ0v) is 19.4. The summed E-state index contributed by atoms with van der Waals surface area (Å²) in [4.78, 5) is 49.7. The van der Waals surface area contributed by atoms with Gasteiger partial charge in [-0.25, -0.2) is 9.69 Å². The fourth-order valence-corrected chi connectivity index (χ4v) is 3.55. The number of carbonyl (C=O) groups excluding carboxylic acids is 3. The van der Waals surface area contributed by atoms with Gasteiger partial charge in [-0.15, -0.1) is 0 Å². The molecule has 0 bridgehead atoms. The highest BCUT2D eigenvalue weighted by Gasteiger charge is 2.37. The summed E-state index contributed by atoms with van der Waals surface area (Å²) in [5.74, 6) is -0.892. The Morgan fingerprint density at radius 3 is 2.47 bits per heavy atom. The molecule has 1 saturated heterocycles. The first-order valence-corrected chi connectivity index (χ1v) is 10.8. The van der Waals surface area contributed by atoms with Crippen molar-refractivity contribution >= 4 is 35.3 Å². The van der Waals surface area contributed by atoms with E-state index in [2.05, 4.69) is 5.32 Å². The van der Waals surface area contributed by atoms with Crippen molar-refractivity contribution in [3.63, 3.8) is 0 Å². The summed E-state index contributed by atoms with van der Waals surface area (Å²) in [6.07, 6.45) is 1.33. The summed E-state index contributed by atoms with van der Waals surface area (Å²) in [7, 11) is 1.47. The van der Waals surface area contributed by atoms with Crippen LogP contribution in [-0.2, 0) is 16.2 Å². The van der Waals surface area contributed by atoms with Crippen molar-refractivity contribution in [2.45, 2.75) is 13.5 Å². The number of nitrogens with one attached hydrogen (secondary N) is 1. The quantitative estimate of drug-likeness (QED) is 0.229. The predicted molar refractivity (Wildman–Crippen MR) is 131 cm³/mol. The predicted octanol–water partition coefficient (Wildman–Crippen LogP) is 4.16. The fourth-order valence-electron chi connectivity index (χ4n) is 3.55. The Labute approximate surface area is 205 Å². The number of ether oxygens (including phenoxy) is 2. The first-order chi connectivity index (χ1) is 17.3. The minimum atomic E-state index is -0.845. The number of nitrogens with zero attached hydrogens (tertiary/aromatic N) is 2. The molecule has 0 unspecified atom stereocenters. The van der Waals surface area contributed by atoms with Crippen molar-refractivity contribution < 1.29 is 28.8 Å². The third-order valence-corrected chi connectivity index (χ3v) is 5.43. The highest BCUT2D eigenvalue weighted by atomic mass is 16.6. The minimum absolute atomic E-state index is 0.0147. The molecule has 0 spiro atoms. The number of rotatable bonds is 7. The van der Waals surface area contributed by atoms with Gasteiger partial charge in [0.2, 0.25) is 0 Å². The number of imide groups is 2. The van der Waals surface area contributed by atoms with Crippen LogP contribution in [0.4, 0.5) is 16.2 Å². The second kappa shape index (κ2) is 10.1. The van der Waals surface area contributed by atoms with Gasteiger partial charge in [0, 0.05) is 23.8 Å². The van der Waals surface area contributed by atoms with Crippen molar-refractivity contribution in [2.24, 2.45) is 0 Å². The van der Waals surface area contributed by atoms with Crippen molar-refractivity contribution in [1.82, 2.24) is 5.32 Å². The molecule has 182 valence electrons. The zero-order chi connectivity index (χ0) is 25.8. The maximum Gasteiger partial charge on any atom is 0.335 e. The monoisotopic (exact) mass is 487 g/mol. The Bertz CT molecular complexity index is 1400. The van der Waals surface area contributed by atoms with Gasteiger partial charge < -0.3 is 9.47 Å². The number of urea groups is 1. The number of nitro benzene ring substituents is 1. The second-order valence-electron chi connectivity index (χ2n) is 7.91. The fraction of sp³-hybridized carbons (Fsp3) is 0.115. The van der Waals surface area contributed by atoms with Crippen LogP contribution in [0.5, 0.6) is 11.5 Å². The Morgan fingerprint density at radius 2 is 1.78 bits per heavy atom. The number of amides is 4. The van der Waals surface area contributed by atoms with E-state index in [9.17, 15) is 24.5 Å². The highest BCUT2D eigenvalue weighted by Crippen LogP contribution is 2.30. The van der Waals surface area contributed by atoms with Gasteiger partial charge >= 0.3 is 6.03 Å². The van der Waals surface area contributed by atoms with Crippen LogP contribution in [0.2, 0.25) is 0 Å². The molecule has 1 N–H and O–H groups in total. The number of methoxy groups -OCH3 is 1. The highest BCUT2D eigenvalue weighted by molar-refractivity contribution is 6.39. The normalized spacial score (nSPS) is 14.6. The average molecular weight is 487 g/mol. The maximum absolute atomic E-state index is 13.2. The van der Waals surface area contributed by atoms with E-state index in [-0.39, 0.29) is 23.6 Å². The van der Waals surface area contributed by atoms with E-state index < -0.39 is 22.8 Å². The molecule has 4 rings (SSSR count). The molecular formula is C26H21N3O7. The molecule has 0 aromatic heterocycles. The third kappa shape index (κ3) is 5.07. The van der Waals surface area contributed by atoms with Gasteiger partial charge in [-0.3, -0.25) is 25.0 Å². The molecule has 1 aliphatic rings. The molecule has 4 amide bonds. The number of nitro groups is 1. The molecule has 0 radical (unpaired) electrons. The van der Waals surface area contributed by atoms with Crippen molar-refractivity contribution in [2.75, 3.05) is 12.0 Å². The van der Waals surface area contributed by atoms with Gasteiger partial charge in [0.25, 0.3) is 17.5 Å². The number of benzene rings is 3. The lowest BCUT2D eigenvalue weighted by molar-refractivity contribution is -0.384. The molecule has 10 heteroatoms. The van der Waals surface area contributed by atoms with Gasteiger partial charge in [-0.2, -0.15) is 0 Å². The Hall–Kier alpha value is -4.99. The van der Waals surface area contributed by atoms with Gasteiger partial charge in [-0.1, -0.05) is 29.8 Å². The second-order valence-corrected chi connectivity index (χ2v) is 7.91. The standard InChI is InChI=1S/C26H21N3O7/c1-16-6-9-19(10-7-16)28-25(31)22(24(30)27-26(28)32)13-18-8-11-21(35-2)14-23(18)36-15-17-4-3-5-20(12-17)29(33)34/h3-14H,15H2,1-2H3,(H,27,30,32)/b22-13+. The van der Waals surface area contributed by atoms with Gasteiger partial charge in [-0.05, 0) is 42.8 Å². The third-order valence-electron chi connectivity index (χ3n) is 5.43. The topological polar surface area (TPSA) is 128 Å². The smallest absolute Gasteiger partial charge is 0.335 e. The molecule has 36 heavy (non-hydrogen) atoms. The van der Waals surface area contributed by atoms with Gasteiger partial charge in [0.05, 0.1) is 17.7 Å². The van der Waals surface area contributed by atoms with E-state index in [1.54, 1.807) is 54.6 Å². The van der Waals surface area contributed by atoms with Crippen LogP contribution in [0.1, 0.15) is 16.7 Å². The molecule has 1 heterocycles. The number of hydrogen-bond acceptors (Lipinski definition) is 7. The van der Waals surface area contributed by atoms with Crippen LogP contribution in [0, 0.1) is 17.0 Å². The van der Waals surface area contributed by atoms with Crippen LogP contribution in [0.25, 0.3) is 6.08 Å². The SMILES string of the molecule is COc1ccc(/C=C2\C(=O)NC(=O)N(c3ccc(C)cc3)C2=O)c(OCc2cccc([N+](=O)[O-])c2)c1. The number of aryl methyl sites for hydroxylation is 1. The Balaban J connectivity index is 1.67. The summed E-state index contributed by atoms with van der Waals surface area (Å²) in [5, 5.41) is 13.2. The largest absolute Gasteiger partial charge is 0.497 e. The van der Waals surface area contributed by atoms with E-state index in [4.69, 9.17) is 9.47 Å². The zero-order valence-electron chi connectivity index (χ0n) is 19.4. The molecule has 1 aliphatic heterocycles. The first kappa shape index (κ1) is 24.1. The molecule has 10 nitrogen and oxygen atoms in total. The van der Waals surface area contributed by atoms with Crippen LogP contribution in [-0.4, -0.2) is 29.9 Å². The minimum Gasteiger partial charge on any atom is -0.497 e. The summed E-state index contributed by atoms with van der Waals surface area (Å²) >= 11 is 0. The lowest BCUT2D eigenvalue weighted by Gasteiger charge is -2.26. The number of hydrogen-bond donors (Lipinski definition) is 1. The van der Waals surface area contributed by atoms with Crippen LogP contribution in [0.3, 0.4) is 0 Å². The van der Waals surface area contributed by atoms with Crippen molar-refractivity contribution in [1.29, 1.82) is 0 Å². The van der Waals surface area contributed by atoms with E-state index in [1.807, 2.05) is 6.92 Å². The van der Waals surface area contributed by atoms with Gasteiger partial charge in [0.1, 0.15) is 23.7 Å². The summed E-state index contributed by atoms with van der Waals surface area (Å²) < 4.78 is 11.1. The first-order valence-electron chi connectivity index (χ1n) is 10.8. The maximum atomic E-state index is 13.2. The summed E-state index contributed by atoms with van der Waals surface area (Å²) in [6, 6.07) is 16.7. The molecule has 0 aliphatic carbocycles. The molecule has 3 aromatic rings. The molecule has 3 aromatic carbocycles. The van der Waals surface area contributed by atoms with Crippen LogP contribution < -0.4 is 19.7 Å². The van der Waals surface area contributed by atoms with Crippen LogP contribution in [0.15, 0.2) is 72.3 Å². The summed E-state index contributed by atoms with van der Waals surface area (Å²) in [6.45, 7) is 1.86. The Morgan fingerprint density at radius 1 is 1.03 bits per heavy atom. The number of anilines is 1. The van der Waals surface area contributed by atoms with Crippen LogP contribution >= 0.6 is 0 Å². The number of barbiturate groups is 1. The van der Waals surface area contributed by atoms with E-state index >= 15 is 0 Å². The van der Waals surface area contributed by atoms with E-state index in [0.717, 1.165) is 10.5 Å². The summed E-state index contributed by atoms with van der Waals surface area (Å²) in [5.41, 5.74) is 1.85. The Kier molecular flexibility index (Phi) is 6.77. The number of non-ortho nitro benzene ring substituents is 1. The lowest BCUT2D eigenvalue weighted by atomic mass is 10.1. The molecule has 0 saturated carbocycles. The van der Waals surface area contributed by atoms with E-state index in [1.165, 1.54) is 25.3 Å².